The minimum Gasteiger partial charge on any atom is -0.497 e. The summed E-state index contributed by atoms with van der Waals surface area (Å²) in [5.74, 6) is 0.847. The molecule has 1 saturated heterocycles. The molecule has 36 heavy (non-hydrogen) atoms. The molecule has 1 fully saturated rings. The van der Waals surface area contributed by atoms with Crippen molar-refractivity contribution < 1.29 is 22.7 Å². The van der Waals surface area contributed by atoms with Gasteiger partial charge in [0.25, 0.3) is 0 Å². The molecule has 5 nitrogen and oxygen atoms in total. The molecule has 4 rings (SSSR count). The minimum absolute atomic E-state index is 0.293. The van der Waals surface area contributed by atoms with E-state index in [1.807, 2.05) is 12.1 Å². The second kappa shape index (κ2) is 11.0. The van der Waals surface area contributed by atoms with Gasteiger partial charge < -0.3 is 15.0 Å². The number of carbonyl (C=O) groups excluding carboxylic acids is 1. The third-order valence-electron chi connectivity index (χ3n) is 6.52. The molecule has 3 aromatic rings. The molecule has 0 unspecified atom stereocenters. The maximum atomic E-state index is 12.7. The molecule has 0 bridgehead atoms. The van der Waals surface area contributed by atoms with E-state index in [9.17, 15) is 18.0 Å². The number of methoxy groups -OCH3 is 1. The smallest absolute Gasteiger partial charge is 0.416 e. The average Bonchev–Trinajstić information content (AvgIpc) is 2.88. The number of hydrogen-bond acceptors (Lipinski definition) is 3. The third kappa shape index (κ3) is 6.37. The first-order valence-corrected chi connectivity index (χ1v) is 11.9. The number of urea groups is 1. The molecule has 3 aromatic carbocycles. The van der Waals surface area contributed by atoms with Crippen LogP contribution in [0.5, 0.6) is 5.75 Å². The number of alkyl halides is 3. The standard InChI is InChI=1S/C28H30F3N3O2/c1-20(21-5-6-23-19-26(36-2)12-7-22(23)18-21)4-3-13-33-14-16-34(17-15-33)27(35)32-25-10-8-24(9-11-25)28(29,30)31/h4-12,18-19H,3,13-17H2,1-2H3,(H,32,35)/b20-4+. The van der Waals surface area contributed by atoms with Crippen molar-refractivity contribution in [1.29, 1.82) is 0 Å². The van der Waals surface area contributed by atoms with Gasteiger partial charge in [-0.05, 0) is 77.7 Å². The summed E-state index contributed by atoms with van der Waals surface area (Å²) in [6.45, 7) is 5.67. The van der Waals surface area contributed by atoms with Crippen LogP contribution < -0.4 is 10.1 Å². The first-order valence-electron chi connectivity index (χ1n) is 11.9. The lowest BCUT2D eigenvalue weighted by molar-refractivity contribution is -0.137. The Labute approximate surface area is 209 Å². The monoisotopic (exact) mass is 497 g/mol. The summed E-state index contributed by atoms with van der Waals surface area (Å²) >= 11 is 0. The SMILES string of the molecule is COc1ccc2cc(/C(C)=C/CCN3CCN(C(=O)Nc4ccc(C(F)(F)F)cc4)CC3)ccc2c1. The number of nitrogens with one attached hydrogen (secondary N) is 1. The number of halogens is 3. The highest BCUT2D eigenvalue weighted by molar-refractivity contribution is 5.89. The highest BCUT2D eigenvalue weighted by atomic mass is 19.4. The topological polar surface area (TPSA) is 44.8 Å². The van der Waals surface area contributed by atoms with Crippen LogP contribution in [0.3, 0.4) is 0 Å². The van der Waals surface area contributed by atoms with Gasteiger partial charge in [-0.25, -0.2) is 4.79 Å². The quantitative estimate of drug-likeness (QED) is 0.422. The second-order valence-corrected chi connectivity index (χ2v) is 8.94. The molecular formula is C28H30F3N3O2. The summed E-state index contributed by atoms with van der Waals surface area (Å²) in [7, 11) is 1.67. The van der Waals surface area contributed by atoms with E-state index < -0.39 is 11.7 Å². The molecule has 0 aromatic heterocycles. The molecule has 2 amide bonds. The Kier molecular flexibility index (Phi) is 7.84. The van der Waals surface area contributed by atoms with Crippen LogP contribution in [0.25, 0.3) is 16.3 Å². The summed E-state index contributed by atoms with van der Waals surface area (Å²) in [6, 6.07) is 16.7. The lowest BCUT2D eigenvalue weighted by Crippen LogP contribution is -2.50. The fourth-order valence-corrected chi connectivity index (χ4v) is 4.30. The zero-order valence-electron chi connectivity index (χ0n) is 20.4. The molecule has 1 aliphatic rings. The van der Waals surface area contributed by atoms with E-state index in [1.165, 1.54) is 28.7 Å². The molecular weight excluding hydrogens is 467 g/mol. The Balaban J connectivity index is 1.23. The molecule has 0 spiro atoms. The minimum atomic E-state index is -4.39. The Morgan fingerprint density at radius 2 is 1.64 bits per heavy atom. The molecule has 1 aliphatic heterocycles. The van der Waals surface area contributed by atoms with E-state index >= 15 is 0 Å². The van der Waals surface area contributed by atoms with Gasteiger partial charge in [0.05, 0.1) is 12.7 Å². The van der Waals surface area contributed by atoms with Gasteiger partial charge in [0.2, 0.25) is 0 Å². The first kappa shape index (κ1) is 25.6. The van der Waals surface area contributed by atoms with Crippen molar-refractivity contribution in [3.8, 4) is 5.75 Å². The van der Waals surface area contributed by atoms with Gasteiger partial charge in [-0.2, -0.15) is 13.2 Å². The Bertz CT molecular complexity index is 1230. The van der Waals surface area contributed by atoms with Crippen molar-refractivity contribution in [3.05, 3.63) is 77.9 Å². The molecule has 1 heterocycles. The van der Waals surface area contributed by atoms with Crippen molar-refractivity contribution in [3.63, 3.8) is 0 Å². The fraction of sp³-hybridized carbons (Fsp3) is 0.321. The number of carbonyl (C=O) groups is 1. The van der Waals surface area contributed by atoms with Crippen LogP contribution >= 0.6 is 0 Å². The second-order valence-electron chi connectivity index (χ2n) is 8.94. The predicted molar refractivity (Wildman–Crippen MR) is 137 cm³/mol. The number of hydrogen-bond donors (Lipinski definition) is 1. The van der Waals surface area contributed by atoms with Gasteiger partial charge in [-0.1, -0.05) is 24.3 Å². The Morgan fingerprint density at radius 1 is 0.972 bits per heavy atom. The highest BCUT2D eigenvalue weighted by Crippen LogP contribution is 2.30. The molecule has 0 saturated carbocycles. The highest BCUT2D eigenvalue weighted by Gasteiger charge is 2.30. The number of ether oxygens (including phenoxy) is 1. The van der Waals surface area contributed by atoms with Crippen molar-refractivity contribution in [2.45, 2.75) is 19.5 Å². The predicted octanol–water partition coefficient (Wildman–Crippen LogP) is 6.51. The van der Waals surface area contributed by atoms with E-state index in [1.54, 1.807) is 12.0 Å². The summed E-state index contributed by atoms with van der Waals surface area (Å²) in [5.41, 5.74) is 2.03. The Hall–Kier alpha value is -3.52. The lowest BCUT2D eigenvalue weighted by Gasteiger charge is -2.34. The van der Waals surface area contributed by atoms with Crippen LogP contribution in [0, 0.1) is 0 Å². The third-order valence-corrected chi connectivity index (χ3v) is 6.52. The first-order chi connectivity index (χ1) is 17.2. The molecule has 0 aliphatic carbocycles. The summed E-state index contributed by atoms with van der Waals surface area (Å²) in [6.07, 6.45) is -1.24. The molecule has 8 heteroatoms. The van der Waals surface area contributed by atoms with Crippen molar-refractivity contribution >= 4 is 28.1 Å². The van der Waals surface area contributed by atoms with Gasteiger partial charge in [0.1, 0.15) is 5.75 Å². The normalized spacial score (nSPS) is 15.2. The number of amides is 2. The van der Waals surface area contributed by atoms with E-state index in [0.717, 1.165) is 49.3 Å². The van der Waals surface area contributed by atoms with Gasteiger partial charge in [0, 0.05) is 38.4 Å². The zero-order valence-corrected chi connectivity index (χ0v) is 20.4. The molecule has 0 radical (unpaired) electrons. The van der Waals surface area contributed by atoms with Crippen molar-refractivity contribution in [1.82, 2.24) is 9.80 Å². The van der Waals surface area contributed by atoms with E-state index in [2.05, 4.69) is 47.5 Å². The van der Waals surface area contributed by atoms with Crippen LogP contribution in [-0.4, -0.2) is 55.7 Å². The largest absolute Gasteiger partial charge is 0.497 e. The number of fused-ring (bicyclic) bond motifs is 1. The lowest BCUT2D eigenvalue weighted by atomic mass is 10.0. The number of rotatable bonds is 6. The summed E-state index contributed by atoms with van der Waals surface area (Å²) in [5, 5.41) is 5.00. The number of anilines is 1. The van der Waals surface area contributed by atoms with Gasteiger partial charge in [-0.3, -0.25) is 4.90 Å². The van der Waals surface area contributed by atoms with Crippen LogP contribution in [-0.2, 0) is 6.18 Å². The number of nitrogens with zero attached hydrogens (tertiary/aromatic N) is 2. The van der Waals surface area contributed by atoms with Crippen LogP contribution in [0.15, 0.2) is 66.7 Å². The maximum Gasteiger partial charge on any atom is 0.416 e. The fourth-order valence-electron chi connectivity index (χ4n) is 4.30. The van der Waals surface area contributed by atoms with E-state index in [-0.39, 0.29) is 6.03 Å². The molecule has 0 atom stereocenters. The molecule has 190 valence electrons. The number of allylic oxidation sites excluding steroid dienone is 1. The van der Waals surface area contributed by atoms with Crippen LogP contribution in [0.2, 0.25) is 0 Å². The van der Waals surface area contributed by atoms with Crippen LogP contribution in [0.1, 0.15) is 24.5 Å². The van der Waals surface area contributed by atoms with Gasteiger partial charge in [-0.15, -0.1) is 0 Å². The van der Waals surface area contributed by atoms with Crippen LogP contribution in [0.4, 0.5) is 23.7 Å². The zero-order chi connectivity index (χ0) is 25.7. The van der Waals surface area contributed by atoms with Crippen molar-refractivity contribution in [2.75, 3.05) is 45.2 Å². The Morgan fingerprint density at radius 3 is 2.31 bits per heavy atom. The maximum absolute atomic E-state index is 12.7. The van der Waals surface area contributed by atoms with Gasteiger partial charge in [0.15, 0.2) is 0 Å². The number of piperazine rings is 1. The van der Waals surface area contributed by atoms with E-state index in [4.69, 9.17) is 4.74 Å². The summed E-state index contributed by atoms with van der Waals surface area (Å²) in [4.78, 5) is 16.5. The average molecular weight is 498 g/mol. The number of benzene rings is 3. The summed E-state index contributed by atoms with van der Waals surface area (Å²) < 4.78 is 43.4. The molecule has 1 N–H and O–H groups in total. The van der Waals surface area contributed by atoms with Gasteiger partial charge >= 0.3 is 12.2 Å². The van der Waals surface area contributed by atoms with Crippen molar-refractivity contribution in [2.24, 2.45) is 0 Å². The van der Waals surface area contributed by atoms with E-state index in [0.29, 0.717) is 18.8 Å².